The van der Waals surface area contributed by atoms with Crippen molar-refractivity contribution < 1.29 is 13.2 Å². The number of carbonyl (C=O) groups is 1. The molecule has 3 N–H and O–H groups in total. The van der Waals surface area contributed by atoms with Gasteiger partial charge in [-0.15, -0.1) is 0 Å². The van der Waals surface area contributed by atoms with Gasteiger partial charge in [0.2, 0.25) is 15.9 Å². The Kier molecular flexibility index (Phi) is 6.56. The summed E-state index contributed by atoms with van der Waals surface area (Å²) in [7, 11) is -3.67. The van der Waals surface area contributed by atoms with E-state index < -0.39 is 21.8 Å². The standard InChI is InChI=1S/C21H21N3O3S2/c1-15(21(22)25)19-13-17(11-12-23-19)24-29(26,27)14-16-7-5-6-10-20(16)28-18-8-3-2-4-9-18/h2-13,15H,14H2,1H3,(H2,22,25)(H,23,24). The molecule has 0 saturated heterocycles. The number of hydrogen-bond acceptors (Lipinski definition) is 5. The fourth-order valence-electron chi connectivity index (χ4n) is 2.65. The first-order valence-corrected chi connectivity index (χ1v) is 11.4. The molecule has 0 fully saturated rings. The lowest BCUT2D eigenvalue weighted by atomic mass is 10.1. The number of pyridine rings is 1. The van der Waals surface area contributed by atoms with Gasteiger partial charge in [0.1, 0.15) is 0 Å². The van der Waals surface area contributed by atoms with Crippen molar-refractivity contribution >= 4 is 33.4 Å². The van der Waals surface area contributed by atoms with Crippen LogP contribution in [0.15, 0.2) is 82.7 Å². The third-order valence-electron chi connectivity index (χ3n) is 4.21. The molecule has 0 aliphatic heterocycles. The quantitative estimate of drug-likeness (QED) is 0.570. The summed E-state index contributed by atoms with van der Waals surface area (Å²) in [6.45, 7) is 1.62. The van der Waals surface area contributed by atoms with E-state index in [1.54, 1.807) is 19.1 Å². The Morgan fingerprint density at radius 1 is 1.10 bits per heavy atom. The van der Waals surface area contributed by atoms with Gasteiger partial charge in [-0.3, -0.25) is 14.5 Å². The van der Waals surface area contributed by atoms with E-state index in [9.17, 15) is 13.2 Å². The van der Waals surface area contributed by atoms with Gasteiger partial charge in [-0.25, -0.2) is 8.42 Å². The first-order chi connectivity index (χ1) is 13.8. The molecule has 1 aromatic heterocycles. The molecule has 0 bridgehead atoms. The Balaban J connectivity index is 1.79. The average molecular weight is 428 g/mol. The minimum absolute atomic E-state index is 0.175. The van der Waals surface area contributed by atoms with Crippen LogP contribution in [0.3, 0.4) is 0 Å². The van der Waals surface area contributed by atoms with Gasteiger partial charge >= 0.3 is 0 Å². The summed E-state index contributed by atoms with van der Waals surface area (Å²) in [6, 6.07) is 20.3. The van der Waals surface area contributed by atoms with Crippen molar-refractivity contribution in [2.45, 2.75) is 28.4 Å². The summed E-state index contributed by atoms with van der Waals surface area (Å²) >= 11 is 1.52. The van der Waals surface area contributed by atoms with Gasteiger partial charge < -0.3 is 5.73 Å². The van der Waals surface area contributed by atoms with Gasteiger partial charge in [0, 0.05) is 16.0 Å². The van der Waals surface area contributed by atoms with Crippen LogP contribution in [0.25, 0.3) is 0 Å². The molecule has 1 unspecified atom stereocenters. The topological polar surface area (TPSA) is 102 Å². The zero-order valence-corrected chi connectivity index (χ0v) is 17.4. The van der Waals surface area contributed by atoms with Gasteiger partial charge in [-0.1, -0.05) is 48.2 Å². The fourth-order valence-corrected chi connectivity index (χ4v) is 4.93. The summed E-state index contributed by atoms with van der Waals surface area (Å²) in [4.78, 5) is 17.4. The number of aromatic nitrogens is 1. The monoisotopic (exact) mass is 427 g/mol. The minimum Gasteiger partial charge on any atom is -0.369 e. The molecule has 1 heterocycles. The summed E-state index contributed by atoms with van der Waals surface area (Å²) < 4.78 is 28.1. The second-order valence-electron chi connectivity index (χ2n) is 6.48. The van der Waals surface area contributed by atoms with Crippen molar-refractivity contribution in [3.8, 4) is 0 Å². The predicted molar refractivity (Wildman–Crippen MR) is 115 cm³/mol. The summed E-state index contributed by atoms with van der Waals surface area (Å²) in [5.41, 5.74) is 6.77. The Hall–Kier alpha value is -2.84. The van der Waals surface area contributed by atoms with E-state index in [0.29, 0.717) is 16.9 Å². The van der Waals surface area contributed by atoms with Crippen LogP contribution in [-0.2, 0) is 20.6 Å². The molecule has 6 nitrogen and oxygen atoms in total. The molecule has 1 atom stereocenters. The molecular formula is C21H21N3O3S2. The van der Waals surface area contributed by atoms with Gasteiger partial charge in [0.25, 0.3) is 0 Å². The van der Waals surface area contributed by atoms with Crippen LogP contribution >= 0.6 is 11.8 Å². The SMILES string of the molecule is CC(C(N)=O)c1cc(NS(=O)(=O)Cc2ccccc2Sc2ccccc2)ccn1. The van der Waals surface area contributed by atoms with E-state index in [0.717, 1.165) is 9.79 Å². The highest BCUT2D eigenvalue weighted by molar-refractivity contribution is 7.99. The van der Waals surface area contributed by atoms with Crippen LogP contribution in [0, 0.1) is 0 Å². The molecular weight excluding hydrogens is 406 g/mol. The maximum atomic E-state index is 12.8. The van der Waals surface area contributed by atoms with Crippen molar-refractivity contribution in [3.05, 3.63) is 84.2 Å². The Morgan fingerprint density at radius 3 is 2.52 bits per heavy atom. The number of sulfonamides is 1. The van der Waals surface area contributed by atoms with E-state index in [1.807, 2.05) is 48.5 Å². The highest BCUT2D eigenvalue weighted by Gasteiger charge is 2.17. The smallest absolute Gasteiger partial charge is 0.236 e. The van der Waals surface area contributed by atoms with Crippen molar-refractivity contribution in [1.29, 1.82) is 0 Å². The van der Waals surface area contributed by atoms with Gasteiger partial charge in [-0.2, -0.15) is 0 Å². The van der Waals surface area contributed by atoms with Crippen LogP contribution in [0.2, 0.25) is 0 Å². The molecule has 150 valence electrons. The van der Waals surface area contributed by atoms with Crippen LogP contribution in [0.4, 0.5) is 5.69 Å². The number of hydrogen-bond donors (Lipinski definition) is 2. The maximum absolute atomic E-state index is 12.8. The maximum Gasteiger partial charge on any atom is 0.236 e. The van der Waals surface area contributed by atoms with E-state index in [-0.39, 0.29) is 5.75 Å². The minimum atomic E-state index is -3.67. The molecule has 0 saturated carbocycles. The average Bonchev–Trinajstić information content (AvgIpc) is 2.69. The van der Waals surface area contributed by atoms with Crippen LogP contribution in [-0.4, -0.2) is 19.3 Å². The van der Waals surface area contributed by atoms with E-state index >= 15 is 0 Å². The number of amides is 1. The van der Waals surface area contributed by atoms with Crippen molar-refractivity contribution in [2.75, 3.05) is 4.72 Å². The summed E-state index contributed by atoms with van der Waals surface area (Å²) in [6.07, 6.45) is 1.45. The third-order valence-corrected chi connectivity index (χ3v) is 6.58. The van der Waals surface area contributed by atoms with E-state index in [1.165, 1.54) is 24.0 Å². The number of nitrogens with one attached hydrogen (secondary N) is 1. The number of benzene rings is 2. The molecule has 3 aromatic rings. The fraction of sp³-hybridized carbons (Fsp3) is 0.143. The number of nitrogens with two attached hydrogens (primary N) is 1. The molecule has 8 heteroatoms. The third kappa shape index (κ3) is 5.82. The molecule has 1 amide bonds. The second-order valence-corrected chi connectivity index (χ2v) is 9.32. The summed E-state index contributed by atoms with van der Waals surface area (Å²) in [5.74, 6) is -1.31. The Labute approximate surface area is 174 Å². The lowest BCUT2D eigenvalue weighted by Crippen LogP contribution is -2.20. The molecule has 2 aromatic carbocycles. The van der Waals surface area contributed by atoms with Crippen molar-refractivity contribution in [3.63, 3.8) is 0 Å². The predicted octanol–water partition coefficient (Wildman–Crippen LogP) is 3.76. The van der Waals surface area contributed by atoms with Gasteiger partial charge in [0.05, 0.1) is 23.1 Å². The number of anilines is 1. The Bertz CT molecular complexity index is 1100. The highest BCUT2D eigenvalue weighted by atomic mass is 32.2. The van der Waals surface area contributed by atoms with Crippen LogP contribution in [0.1, 0.15) is 24.1 Å². The molecule has 0 spiro atoms. The van der Waals surface area contributed by atoms with Gasteiger partial charge in [0.15, 0.2) is 0 Å². The Morgan fingerprint density at radius 2 is 1.79 bits per heavy atom. The molecule has 29 heavy (non-hydrogen) atoms. The first-order valence-electron chi connectivity index (χ1n) is 8.90. The highest BCUT2D eigenvalue weighted by Crippen LogP contribution is 2.31. The summed E-state index contributed by atoms with van der Waals surface area (Å²) in [5, 5.41) is 0. The number of primary amides is 1. The van der Waals surface area contributed by atoms with Crippen molar-refractivity contribution in [1.82, 2.24) is 4.98 Å². The number of carbonyl (C=O) groups excluding carboxylic acids is 1. The number of nitrogens with zero attached hydrogens (tertiary/aromatic N) is 1. The van der Waals surface area contributed by atoms with Crippen LogP contribution < -0.4 is 10.5 Å². The lowest BCUT2D eigenvalue weighted by molar-refractivity contribution is -0.119. The van der Waals surface area contributed by atoms with E-state index in [4.69, 9.17) is 5.73 Å². The van der Waals surface area contributed by atoms with Crippen molar-refractivity contribution in [2.24, 2.45) is 5.73 Å². The second kappa shape index (κ2) is 9.11. The molecule has 0 radical (unpaired) electrons. The molecule has 0 aliphatic rings. The zero-order chi connectivity index (χ0) is 20.9. The first kappa shape index (κ1) is 20.9. The largest absolute Gasteiger partial charge is 0.369 e. The number of rotatable bonds is 8. The normalized spacial score (nSPS) is 12.3. The molecule has 3 rings (SSSR count). The van der Waals surface area contributed by atoms with Gasteiger partial charge in [-0.05, 0) is 42.8 Å². The lowest BCUT2D eigenvalue weighted by Gasteiger charge is -2.13. The zero-order valence-electron chi connectivity index (χ0n) is 15.8. The van der Waals surface area contributed by atoms with Crippen LogP contribution in [0.5, 0.6) is 0 Å². The molecule has 0 aliphatic carbocycles. The van der Waals surface area contributed by atoms with E-state index in [2.05, 4.69) is 9.71 Å².